The van der Waals surface area contributed by atoms with Crippen molar-refractivity contribution in [3.63, 3.8) is 0 Å². The molecule has 0 atom stereocenters. The average Bonchev–Trinajstić information content (AvgIpc) is 2.77. The lowest BCUT2D eigenvalue weighted by Crippen LogP contribution is -2.09. The third-order valence-corrected chi connectivity index (χ3v) is 6.09. The van der Waals surface area contributed by atoms with Gasteiger partial charge in [0.1, 0.15) is 17.1 Å². The van der Waals surface area contributed by atoms with Gasteiger partial charge in [0, 0.05) is 12.8 Å². The summed E-state index contributed by atoms with van der Waals surface area (Å²) in [7, 11) is 0. The molecule has 0 heterocycles. The molecule has 0 aliphatic carbocycles. The molecule has 31 heavy (non-hydrogen) atoms. The number of phenols is 1. The van der Waals surface area contributed by atoms with Crippen molar-refractivity contribution in [1.82, 2.24) is 0 Å². The number of Topliss-reactive ketones (excluding diaryl/α,β-unsaturated/α-hetero) is 1. The predicted octanol–water partition coefficient (Wildman–Crippen LogP) is 6.56. The molecular weight excluding hydrogens is 408 g/mol. The lowest BCUT2D eigenvalue weighted by atomic mass is 10.1. The van der Waals surface area contributed by atoms with Crippen LogP contribution in [0.15, 0.2) is 24.3 Å². The van der Waals surface area contributed by atoms with Crippen LogP contribution in [0.5, 0.6) is 5.75 Å². The summed E-state index contributed by atoms with van der Waals surface area (Å²) in [6, 6.07) is 6.29. The van der Waals surface area contributed by atoms with Gasteiger partial charge in [-0.25, -0.2) is 4.79 Å². The molecule has 1 N–H and O–H groups in total. The number of carbonyl (C=O) groups is 2. The molecule has 1 aromatic carbocycles. The van der Waals surface area contributed by atoms with Crippen molar-refractivity contribution >= 4 is 23.5 Å². The van der Waals surface area contributed by atoms with Gasteiger partial charge in [-0.05, 0) is 44.1 Å². The van der Waals surface area contributed by atoms with E-state index in [0.717, 1.165) is 12.2 Å². The largest absolute Gasteiger partial charge is 0.507 e. The minimum absolute atomic E-state index is 0.0893. The number of carbonyl (C=O) groups excluding carboxylic acids is 2. The van der Waals surface area contributed by atoms with Gasteiger partial charge in [-0.3, -0.25) is 4.79 Å². The Morgan fingerprint density at radius 3 is 2.26 bits per heavy atom. The van der Waals surface area contributed by atoms with Crippen LogP contribution in [0, 0.1) is 11.8 Å². The normalized spacial score (nSPS) is 10.4. The van der Waals surface area contributed by atoms with Gasteiger partial charge in [0.15, 0.2) is 0 Å². The van der Waals surface area contributed by atoms with E-state index in [1.165, 1.54) is 69.9 Å². The molecule has 0 radical (unpaired) electrons. The Labute approximate surface area is 192 Å². The molecule has 5 heteroatoms. The molecule has 0 aromatic heterocycles. The van der Waals surface area contributed by atoms with E-state index in [0.29, 0.717) is 18.6 Å². The van der Waals surface area contributed by atoms with E-state index in [-0.39, 0.29) is 23.7 Å². The SMILES string of the molecule is CC#CCCCCCCCCCCCSCC(=O)CCCOC(=O)c1ccccc1O. The summed E-state index contributed by atoms with van der Waals surface area (Å²) >= 11 is 1.70. The van der Waals surface area contributed by atoms with E-state index in [4.69, 9.17) is 4.74 Å². The third kappa shape index (κ3) is 14.7. The summed E-state index contributed by atoms with van der Waals surface area (Å²) in [5.41, 5.74) is 0.155. The molecule has 1 aromatic rings. The molecule has 0 saturated carbocycles. The van der Waals surface area contributed by atoms with E-state index in [2.05, 4.69) is 11.8 Å². The maximum atomic E-state index is 11.9. The van der Waals surface area contributed by atoms with E-state index in [9.17, 15) is 14.7 Å². The number of phenolic OH excluding ortho intramolecular Hbond substituents is 1. The summed E-state index contributed by atoms with van der Waals surface area (Å²) in [5.74, 6) is 7.19. The highest BCUT2D eigenvalue weighted by Crippen LogP contribution is 2.17. The van der Waals surface area contributed by atoms with Gasteiger partial charge in [-0.15, -0.1) is 11.8 Å². The number of aromatic hydroxyl groups is 1. The first-order chi connectivity index (χ1) is 15.1. The quantitative estimate of drug-likeness (QED) is 0.157. The highest BCUT2D eigenvalue weighted by Gasteiger charge is 2.11. The molecule has 1 rings (SSSR count). The zero-order valence-corrected chi connectivity index (χ0v) is 19.8. The van der Waals surface area contributed by atoms with Crippen molar-refractivity contribution in [2.45, 2.75) is 84.0 Å². The van der Waals surface area contributed by atoms with Gasteiger partial charge in [-0.2, -0.15) is 11.8 Å². The molecular formula is C26H38O4S. The summed E-state index contributed by atoms with van der Waals surface area (Å²) < 4.78 is 5.12. The minimum Gasteiger partial charge on any atom is -0.507 e. The highest BCUT2D eigenvalue weighted by atomic mass is 32.2. The Bertz CT molecular complexity index is 690. The number of thioether (sulfide) groups is 1. The predicted molar refractivity (Wildman–Crippen MR) is 130 cm³/mol. The molecule has 0 fully saturated rings. The molecule has 0 aliphatic heterocycles. The minimum atomic E-state index is -0.554. The van der Waals surface area contributed by atoms with Crippen LogP contribution in [-0.4, -0.2) is 35.0 Å². The van der Waals surface area contributed by atoms with E-state index in [1.807, 2.05) is 6.92 Å². The van der Waals surface area contributed by atoms with Crippen molar-refractivity contribution in [3.8, 4) is 17.6 Å². The third-order valence-electron chi connectivity index (χ3n) is 4.99. The molecule has 4 nitrogen and oxygen atoms in total. The zero-order valence-electron chi connectivity index (χ0n) is 19.0. The summed E-state index contributed by atoms with van der Waals surface area (Å²) in [5, 5.41) is 9.62. The molecule has 0 saturated heterocycles. The number of hydrogen-bond acceptors (Lipinski definition) is 5. The molecule has 172 valence electrons. The lowest BCUT2D eigenvalue weighted by Gasteiger charge is -2.06. The van der Waals surface area contributed by atoms with Crippen molar-refractivity contribution in [1.29, 1.82) is 0 Å². The van der Waals surface area contributed by atoms with Crippen molar-refractivity contribution in [3.05, 3.63) is 29.8 Å². The second kappa shape index (κ2) is 18.8. The van der Waals surface area contributed by atoms with Gasteiger partial charge >= 0.3 is 5.97 Å². The summed E-state index contributed by atoms with van der Waals surface area (Å²) in [6.45, 7) is 2.09. The Morgan fingerprint density at radius 2 is 1.58 bits per heavy atom. The van der Waals surface area contributed by atoms with Crippen LogP contribution in [0.2, 0.25) is 0 Å². The molecule has 0 unspecified atom stereocenters. The van der Waals surface area contributed by atoms with Crippen molar-refractivity contribution in [2.24, 2.45) is 0 Å². The Kier molecular flexibility index (Phi) is 16.4. The lowest BCUT2D eigenvalue weighted by molar-refractivity contribution is -0.116. The van der Waals surface area contributed by atoms with Crippen molar-refractivity contribution < 1.29 is 19.4 Å². The van der Waals surface area contributed by atoms with Crippen molar-refractivity contribution in [2.75, 3.05) is 18.1 Å². The first kappa shape index (κ1) is 27.1. The fourth-order valence-corrected chi connectivity index (χ4v) is 4.12. The maximum Gasteiger partial charge on any atom is 0.341 e. The Morgan fingerprint density at radius 1 is 0.935 bits per heavy atom. The number of para-hydroxylation sites is 1. The van der Waals surface area contributed by atoms with Gasteiger partial charge in [-0.1, -0.05) is 57.1 Å². The number of benzene rings is 1. The number of ketones is 1. The zero-order chi connectivity index (χ0) is 22.6. The average molecular weight is 447 g/mol. The van der Waals surface area contributed by atoms with E-state index >= 15 is 0 Å². The van der Waals surface area contributed by atoms with Gasteiger partial charge in [0.05, 0.1) is 12.4 Å². The maximum absolute atomic E-state index is 11.9. The fourth-order valence-electron chi connectivity index (χ4n) is 3.20. The van der Waals surface area contributed by atoms with Crippen LogP contribution in [0.1, 0.15) is 94.3 Å². The first-order valence-corrected chi connectivity index (χ1v) is 12.7. The second-order valence-electron chi connectivity index (χ2n) is 7.71. The smallest absolute Gasteiger partial charge is 0.341 e. The first-order valence-electron chi connectivity index (χ1n) is 11.6. The van der Waals surface area contributed by atoms with Gasteiger partial charge in [0.25, 0.3) is 0 Å². The molecule has 0 aliphatic rings. The van der Waals surface area contributed by atoms with Crippen LogP contribution < -0.4 is 0 Å². The topological polar surface area (TPSA) is 63.6 Å². The summed E-state index contributed by atoms with van der Waals surface area (Å²) in [6.07, 6.45) is 13.6. The standard InChI is InChI=1S/C26H38O4S/c1-2-3-4-5-6-7-8-9-10-11-12-15-21-31-22-23(27)17-16-20-30-26(29)24-18-13-14-19-25(24)28/h13-14,18-19,28H,4-12,15-17,20-22H2,1H3. The Balaban J connectivity index is 1.87. The fraction of sp³-hybridized carbons (Fsp3) is 0.615. The molecule has 0 spiro atoms. The molecule has 0 bridgehead atoms. The number of rotatable bonds is 18. The van der Waals surface area contributed by atoms with Crippen LogP contribution in [-0.2, 0) is 9.53 Å². The van der Waals surface area contributed by atoms with Crippen LogP contribution in [0.3, 0.4) is 0 Å². The number of hydrogen-bond donors (Lipinski definition) is 1. The molecule has 0 amide bonds. The van der Waals surface area contributed by atoms with Gasteiger partial charge < -0.3 is 9.84 Å². The summed E-state index contributed by atoms with van der Waals surface area (Å²) in [4.78, 5) is 23.8. The number of esters is 1. The Hall–Kier alpha value is -1.93. The van der Waals surface area contributed by atoms with Gasteiger partial charge in [0.2, 0.25) is 0 Å². The van der Waals surface area contributed by atoms with Crippen LogP contribution in [0.4, 0.5) is 0 Å². The van der Waals surface area contributed by atoms with Crippen LogP contribution in [0.25, 0.3) is 0 Å². The van der Waals surface area contributed by atoms with E-state index < -0.39 is 5.97 Å². The van der Waals surface area contributed by atoms with E-state index in [1.54, 1.807) is 23.9 Å². The van der Waals surface area contributed by atoms with Crippen LogP contribution >= 0.6 is 11.8 Å². The number of unbranched alkanes of at least 4 members (excludes halogenated alkanes) is 9. The second-order valence-corrected chi connectivity index (χ2v) is 8.81. The number of ether oxygens (including phenoxy) is 1. The highest BCUT2D eigenvalue weighted by molar-refractivity contribution is 7.99. The monoisotopic (exact) mass is 446 g/mol.